The molecule has 0 amide bonds. The van der Waals surface area contributed by atoms with E-state index < -0.39 is 0 Å². The average molecular weight is 272 g/mol. The van der Waals surface area contributed by atoms with Crippen LogP contribution in [0.15, 0.2) is 60.7 Å². The fourth-order valence-electron chi connectivity index (χ4n) is 2.96. The molecule has 2 aromatic heterocycles. The Balaban J connectivity index is 1.89. The van der Waals surface area contributed by atoms with Crippen molar-refractivity contribution >= 4 is 21.8 Å². The number of hydrogen-bond donors (Lipinski definition) is 1. The molecule has 0 aliphatic heterocycles. The Bertz CT molecular complexity index is 920. The highest BCUT2D eigenvalue weighted by Crippen LogP contribution is 2.27. The first-order valence-electron chi connectivity index (χ1n) is 7.22. The molecule has 2 nitrogen and oxygen atoms in total. The normalized spacial score (nSPS) is 11.3. The van der Waals surface area contributed by atoms with E-state index in [0.717, 1.165) is 23.3 Å². The number of nitrogens with one attached hydrogen (secondary N) is 1. The number of hydrogen-bond acceptors (Lipinski definition) is 1. The highest BCUT2D eigenvalue weighted by atomic mass is 14.8. The Morgan fingerprint density at radius 1 is 0.905 bits per heavy atom. The molecule has 0 fully saturated rings. The van der Waals surface area contributed by atoms with Gasteiger partial charge >= 0.3 is 0 Å². The lowest BCUT2D eigenvalue weighted by atomic mass is 10.1. The molecule has 0 aliphatic rings. The second-order valence-corrected chi connectivity index (χ2v) is 5.45. The maximum Gasteiger partial charge on any atom is 0.0681 e. The van der Waals surface area contributed by atoms with Crippen molar-refractivity contribution in [1.29, 1.82) is 0 Å². The number of aromatic amines is 1. The lowest BCUT2D eigenvalue weighted by Crippen LogP contribution is -1.94. The number of H-pyrrole nitrogens is 1. The minimum atomic E-state index is 0.872. The first kappa shape index (κ1) is 12.2. The molecule has 0 unspecified atom stereocenters. The molecule has 2 heterocycles. The highest BCUT2D eigenvalue weighted by Gasteiger charge is 2.09. The van der Waals surface area contributed by atoms with Gasteiger partial charge in [0.15, 0.2) is 0 Å². The topological polar surface area (TPSA) is 28.7 Å². The summed E-state index contributed by atoms with van der Waals surface area (Å²) < 4.78 is 0. The summed E-state index contributed by atoms with van der Waals surface area (Å²) in [5.41, 5.74) is 5.80. The number of aryl methyl sites for hydroxylation is 1. The van der Waals surface area contributed by atoms with Crippen molar-refractivity contribution in [3.05, 3.63) is 77.6 Å². The van der Waals surface area contributed by atoms with Crippen LogP contribution in [-0.4, -0.2) is 9.97 Å². The Hall–Kier alpha value is -2.61. The maximum absolute atomic E-state index is 4.76. The number of aromatic nitrogens is 2. The predicted molar refractivity (Wildman–Crippen MR) is 87.6 cm³/mol. The number of fused-ring (bicyclic) bond motifs is 3. The van der Waals surface area contributed by atoms with Gasteiger partial charge in [-0.05, 0) is 24.6 Å². The molecule has 0 saturated carbocycles. The second-order valence-electron chi connectivity index (χ2n) is 5.45. The summed E-state index contributed by atoms with van der Waals surface area (Å²) in [6.45, 7) is 2.08. The van der Waals surface area contributed by atoms with Crippen LogP contribution >= 0.6 is 0 Å². The Morgan fingerprint density at radius 2 is 1.67 bits per heavy atom. The Morgan fingerprint density at radius 3 is 2.52 bits per heavy atom. The number of nitrogens with zero attached hydrogens (tertiary/aromatic N) is 1. The van der Waals surface area contributed by atoms with Crippen molar-refractivity contribution in [3.8, 4) is 0 Å². The van der Waals surface area contributed by atoms with Crippen LogP contribution in [0.1, 0.15) is 17.0 Å². The third kappa shape index (κ3) is 2.09. The summed E-state index contributed by atoms with van der Waals surface area (Å²) in [6.07, 6.45) is 0.872. The van der Waals surface area contributed by atoms with Gasteiger partial charge in [0.05, 0.1) is 11.2 Å². The summed E-state index contributed by atoms with van der Waals surface area (Å²) in [6, 6.07) is 21.1. The van der Waals surface area contributed by atoms with Crippen molar-refractivity contribution in [2.45, 2.75) is 13.3 Å². The summed E-state index contributed by atoms with van der Waals surface area (Å²) in [7, 11) is 0. The number of benzene rings is 2. The van der Waals surface area contributed by atoms with Crippen LogP contribution < -0.4 is 0 Å². The molecule has 4 rings (SSSR count). The minimum absolute atomic E-state index is 0.872. The van der Waals surface area contributed by atoms with Gasteiger partial charge in [-0.15, -0.1) is 0 Å². The third-order valence-corrected chi connectivity index (χ3v) is 3.96. The Kier molecular flexibility index (Phi) is 2.74. The molecule has 0 bridgehead atoms. The van der Waals surface area contributed by atoms with Crippen LogP contribution in [0.2, 0.25) is 0 Å². The zero-order valence-corrected chi connectivity index (χ0v) is 11.9. The molecular formula is C19H16N2. The standard InChI is InChI=1S/C19H16N2/c1-13-19-17(16-9-5-6-10-18(16)21-19)12-15(20-13)11-14-7-3-2-4-8-14/h2-10,12,21H,11H2,1H3. The van der Waals surface area contributed by atoms with Crippen LogP contribution in [0, 0.1) is 6.92 Å². The molecule has 1 N–H and O–H groups in total. The summed E-state index contributed by atoms with van der Waals surface area (Å²) in [5.74, 6) is 0. The number of para-hydroxylation sites is 1. The van der Waals surface area contributed by atoms with Crippen molar-refractivity contribution in [2.24, 2.45) is 0 Å². The van der Waals surface area contributed by atoms with Crippen LogP contribution in [0.5, 0.6) is 0 Å². The smallest absolute Gasteiger partial charge is 0.0681 e. The van der Waals surface area contributed by atoms with E-state index in [2.05, 4.69) is 66.5 Å². The van der Waals surface area contributed by atoms with Crippen LogP contribution in [0.3, 0.4) is 0 Å². The molecule has 4 aromatic rings. The van der Waals surface area contributed by atoms with E-state index in [1.54, 1.807) is 0 Å². The quantitative estimate of drug-likeness (QED) is 0.567. The SMILES string of the molecule is Cc1nc(Cc2ccccc2)cc2c1[nH]c1ccccc12. The fraction of sp³-hybridized carbons (Fsp3) is 0.105. The van der Waals surface area contributed by atoms with E-state index in [1.165, 1.54) is 21.9 Å². The van der Waals surface area contributed by atoms with Gasteiger partial charge in [0, 0.05) is 28.4 Å². The van der Waals surface area contributed by atoms with Crippen molar-refractivity contribution < 1.29 is 0 Å². The first-order chi connectivity index (χ1) is 10.3. The lowest BCUT2D eigenvalue weighted by Gasteiger charge is -2.04. The largest absolute Gasteiger partial charge is 0.353 e. The van der Waals surface area contributed by atoms with E-state index in [9.17, 15) is 0 Å². The van der Waals surface area contributed by atoms with Crippen LogP contribution in [-0.2, 0) is 6.42 Å². The van der Waals surface area contributed by atoms with E-state index in [-0.39, 0.29) is 0 Å². The monoisotopic (exact) mass is 272 g/mol. The molecule has 2 aromatic carbocycles. The van der Waals surface area contributed by atoms with Gasteiger partial charge in [-0.2, -0.15) is 0 Å². The molecular weight excluding hydrogens is 256 g/mol. The van der Waals surface area contributed by atoms with Gasteiger partial charge < -0.3 is 4.98 Å². The van der Waals surface area contributed by atoms with Crippen LogP contribution in [0.25, 0.3) is 21.8 Å². The van der Waals surface area contributed by atoms with Gasteiger partial charge in [-0.1, -0.05) is 48.5 Å². The predicted octanol–water partition coefficient (Wildman–Crippen LogP) is 4.62. The van der Waals surface area contributed by atoms with Gasteiger partial charge in [0.1, 0.15) is 0 Å². The maximum atomic E-state index is 4.76. The van der Waals surface area contributed by atoms with E-state index in [4.69, 9.17) is 4.98 Å². The molecule has 2 heteroatoms. The number of pyridine rings is 1. The van der Waals surface area contributed by atoms with Crippen molar-refractivity contribution in [3.63, 3.8) is 0 Å². The fourth-order valence-corrected chi connectivity index (χ4v) is 2.96. The molecule has 0 aliphatic carbocycles. The van der Waals surface area contributed by atoms with Gasteiger partial charge in [-0.25, -0.2) is 0 Å². The van der Waals surface area contributed by atoms with Crippen LogP contribution in [0.4, 0.5) is 0 Å². The third-order valence-electron chi connectivity index (χ3n) is 3.96. The zero-order chi connectivity index (χ0) is 14.2. The molecule has 21 heavy (non-hydrogen) atoms. The summed E-state index contributed by atoms with van der Waals surface area (Å²) >= 11 is 0. The van der Waals surface area contributed by atoms with Crippen molar-refractivity contribution in [1.82, 2.24) is 9.97 Å². The minimum Gasteiger partial charge on any atom is -0.353 e. The lowest BCUT2D eigenvalue weighted by molar-refractivity contribution is 1.05. The van der Waals surface area contributed by atoms with E-state index >= 15 is 0 Å². The molecule has 0 atom stereocenters. The van der Waals surface area contributed by atoms with Gasteiger partial charge in [0.25, 0.3) is 0 Å². The number of rotatable bonds is 2. The Labute approximate surface area is 123 Å². The van der Waals surface area contributed by atoms with E-state index in [0.29, 0.717) is 0 Å². The molecule has 0 spiro atoms. The second kappa shape index (κ2) is 4.74. The summed E-state index contributed by atoms with van der Waals surface area (Å²) in [5, 5.41) is 2.54. The molecule has 102 valence electrons. The van der Waals surface area contributed by atoms with E-state index in [1.807, 2.05) is 6.07 Å². The van der Waals surface area contributed by atoms with Gasteiger partial charge in [0.2, 0.25) is 0 Å². The highest BCUT2D eigenvalue weighted by molar-refractivity contribution is 6.07. The first-order valence-corrected chi connectivity index (χ1v) is 7.22. The molecule has 0 saturated heterocycles. The summed E-state index contributed by atoms with van der Waals surface area (Å²) in [4.78, 5) is 8.24. The van der Waals surface area contributed by atoms with Crippen molar-refractivity contribution in [2.75, 3.05) is 0 Å². The van der Waals surface area contributed by atoms with Gasteiger partial charge in [-0.3, -0.25) is 4.98 Å². The zero-order valence-electron chi connectivity index (χ0n) is 11.9. The average Bonchev–Trinajstić information content (AvgIpc) is 2.88. The molecule has 0 radical (unpaired) electrons.